The van der Waals surface area contributed by atoms with E-state index in [0.29, 0.717) is 3.92 Å². The quantitative estimate of drug-likeness (QED) is 0.428. The summed E-state index contributed by atoms with van der Waals surface area (Å²) in [6, 6.07) is 10.8. The smallest absolute Gasteiger partial charge is 0.105 e. The van der Waals surface area contributed by atoms with Crippen molar-refractivity contribution >= 4 is 22.6 Å². The third kappa shape index (κ3) is 2.84. The van der Waals surface area contributed by atoms with Gasteiger partial charge in [0.1, 0.15) is 5.60 Å². The molecule has 1 aromatic carbocycles. The Hall–Kier alpha value is -0.0900. The van der Waals surface area contributed by atoms with Gasteiger partial charge in [0.25, 0.3) is 0 Å². The predicted octanol–water partition coefficient (Wildman–Crippen LogP) is 4.69. The Labute approximate surface area is 118 Å². The van der Waals surface area contributed by atoms with Gasteiger partial charge in [0.2, 0.25) is 0 Å². The van der Waals surface area contributed by atoms with Gasteiger partial charge in [0.05, 0.1) is 0 Å². The van der Waals surface area contributed by atoms with Gasteiger partial charge in [-0.3, -0.25) is 0 Å². The maximum Gasteiger partial charge on any atom is 0.105 e. The lowest BCUT2D eigenvalue weighted by Gasteiger charge is -2.32. The summed E-state index contributed by atoms with van der Waals surface area (Å²) in [5, 5.41) is 0. The number of rotatable bonds is 5. The normalized spacial score (nSPS) is 28.5. The molecule has 2 heteroatoms. The van der Waals surface area contributed by atoms with Crippen LogP contribution in [-0.4, -0.2) is 10.5 Å². The molecule has 0 aromatic heterocycles. The van der Waals surface area contributed by atoms with E-state index in [1.807, 2.05) is 0 Å². The van der Waals surface area contributed by atoms with Crippen molar-refractivity contribution in [1.82, 2.24) is 0 Å². The fourth-order valence-electron chi connectivity index (χ4n) is 2.66. The Bertz CT molecular complexity index is 338. The summed E-state index contributed by atoms with van der Waals surface area (Å²) in [7, 11) is 0. The van der Waals surface area contributed by atoms with Crippen molar-refractivity contribution in [1.29, 1.82) is 0 Å². The van der Waals surface area contributed by atoms with Crippen molar-refractivity contribution in [2.24, 2.45) is 0 Å². The molecule has 0 spiro atoms. The van der Waals surface area contributed by atoms with Gasteiger partial charge >= 0.3 is 0 Å². The molecule has 0 bridgehead atoms. The molecule has 1 heterocycles. The molecule has 0 unspecified atom stereocenters. The first-order valence-electron chi connectivity index (χ1n) is 6.63. The van der Waals surface area contributed by atoms with Crippen LogP contribution in [0.15, 0.2) is 30.3 Å². The molecule has 0 N–H and O–H groups in total. The lowest BCUT2D eigenvalue weighted by molar-refractivity contribution is -0.00382. The van der Waals surface area contributed by atoms with Crippen LogP contribution in [0.1, 0.15) is 44.6 Å². The number of unbranched alkanes of at least 4 members (excludes halogenated alkanes) is 2. The molecule has 0 radical (unpaired) electrons. The van der Waals surface area contributed by atoms with Crippen LogP contribution in [0.2, 0.25) is 0 Å². The number of hydrogen-bond acceptors (Lipinski definition) is 1. The van der Waals surface area contributed by atoms with Gasteiger partial charge in [0.15, 0.2) is 0 Å². The SMILES string of the molecule is CCCCC[C@]1(c2ccccc2)OCC[C@H]1I. The zero-order valence-corrected chi connectivity index (χ0v) is 12.7. The van der Waals surface area contributed by atoms with E-state index in [-0.39, 0.29) is 5.60 Å². The molecule has 1 saturated heterocycles. The lowest BCUT2D eigenvalue weighted by atomic mass is 9.86. The second kappa shape index (κ2) is 6.19. The molecule has 2 atom stereocenters. The first kappa shape index (κ1) is 13.3. The minimum absolute atomic E-state index is 0.0169. The van der Waals surface area contributed by atoms with Crippen molar-refractivity contribution in [3.63, 3.8) is 0 Å². The maximum absolute atomic E-state index is 6.18. The average Bonchev–Trinajstić information content (AvgIpc) is 2.74. The van der Waals surface area contributed by atoms with E-state index >= 15 is 0 Å². The molecule has 0 saturated carbocycles. The minimum Gasteiger partial charge on any atom is -0.369 e. The summed E-state index contributed by atoms with van der Waals surface area (Å²) >= 11 is 2.58. The monoisotopic (exact) mass is 344 g/mol. The van der Waals surface area contributed by atoms with Gasteiger partial charge in [-0.1, -0.05) is 79.1 Å². The Kier molecular flexibility index (Phi) is 4.86. The number of alkyl halides is 1. The van der Waals surface area contributed by atoms with E-state index in [0.717, 1.165) is 6.61 Å². The second-order valence-corrected chi connectivity index (χ2v) is 6.32. The maximum atomic E-state index is 6.18. The molecule has 1 aliphatic rings. The highest BCUT2D eigenvalue weighted by Crippen LogP contribution is 2.44. The third-order valence-electron chi connectivity index (χ3n) is 3.65. The van der Waals surface area contributed by atoms with Crippen molar-refractivity contribution in [2.45, 2.75) is 48.6 Å². The van der Waals surface area contributed by atoms with E-state index in [9.17, 15) is 0 Å². The largest absolute Gasteiger partial charge is 0.369 e. The van der Waals surface area contributed by atoms with Crippen molar-refractivity contribution < 1.29 is 4.74 Å². The van der Waals surface area contributed by atoms with E-state index in [1.54, 1.807) is 0 Å². The van der Waals surface area contributed by atoms with Crippen molar-refractivity contribution in [3.05, 3.63) is 35.9 Å². The highest BCUT2D eigenvalue weighted by atomic mass is 127. The second-order valence-electron chi connectivity index (χ2n) is 4.82. The van der Waals surface area contributed by atoms with Crippen LogP contribution in [0, 0.1) is 0 Å². The highest BCUT2D eigenvalue weighted by molar-refractivity contribution is 14.1. The average molecular weight is 344 g/mol. The summed E-state index contributed by atoms with van der Waals surface area (Å²) < 4.78 is 6.79. The Morgan fingerprint density at radius 1 is 1.29 bits per heavy atom. The topological polar surface area (TPSA) is 9.23 Å². The number of hydrogen-bond donors (Lipinski definition) is 0. The van der Waals surface area contributed by atoms with Gasteiger partial charge in [-0.2, -0.15) is 0 Å². The molecule has 94 valence electrons. The minimum atomic E-state index is -0.0169. The summed E-state index contributed by atoms with van der Waals surface area (Å²) in [5.74, 6) is 0. The van der Waals surface area contributed by atoms with Gasteiger partial charge in [0, 0.05) is 10.5 Å². The first-order valence-corrected chi connectivity index (χ1v) is 7.87. The molecule has 1 fully saturated rings. The van der Waals surface area contributed by atoms with Crippen LogP contribution in [0.3, 0.4) is 0 Å². The van der Waals surface area contributed by atoms with Gasteiger partial charge < -0.3 is 4.74 Å². The fraction of sp³-hybridized carbons (Fsp3) is 0.600. The summed E-state index contributed by atoms with van der Waals surface area (Å²) in [6.07, 6.45) is 6.20. The summed E-state index contributed by atoms with van der Waals surface area (Å²) in [5.41, 5.74) is 1.35. The molecule has 0 amide bonds. The van der Waals surface area contributed by atoms with Crippen LogP contribution in [0.4, 0.5) is 0 Å². The zero-order valence-electron chi connectivity index (χ0n) is 10.5. The zero-order chi connectivity index (χ0) is 12.1. The van der Waals surface area contributed by atoms with E-state index in [4.69, 9.17) is 4.74 Å². The molecule has 2 rings (SSSR count). The van der Waals surface area contributed by atoms with Gasteiger partial charge in [-0.05, 0) is 18.4 Å². The van der Waals surface area contributed by atoms with E-state index in [1.165, 1.54) is 37.7 Å². The van der Waals surface area contributed by atoms with E-state index in [2.05, 4.69) is 59.8 Å². The van der Waals surface area contributed by atoms with Crippen LogP contribution < -0.4 is 0 Å². The predicted molar refractivity (Wildman–Crippen MR) is 80.6 cm³/mol. The number of halogens is 1. The summed E-state index contributed by atoms with van der Waals surface area (Å²) in [4.78, 5) is 0. The Morgan fingerprint density at radius 2 is 2.06 bits per heavy atom. The molecule has 1 nitrogen and oxygen atoms in total. The first-order chi connectivity index (χ1) is 8.29. The molecule has 17 heavy (non-hydrogen) atoms. The third-order valence-corrected chi connectivity index (χ3v) is 5.28. The van der Waals surface area contributed by atoms with Crippen molar-refractivity contribution in [3.8, 4) is 0 Å². The van der Waals surface area contributed by atoms with E-state index < -0.39 is 0 Å². The van der Waals surface area contributed by atoms with Crippen LogP contribution in [0.25, 0.3) is 0 Å². The standard InChI is InChI=1S/C15H21IO/c1-2-3-7-11-15(14(16)10-12-17-15)13-8-5-4-6-9-13/h4-6,8-9,14H,2-3,7,10-12H2,1H3/t14-,15-/m1/s1. The number of benzene rings is 1. The number of ether oxygens (including phenoxy) is 1. The van der Waals surface area contributed by atoms with Gasteiger partial charge in [-0.15, -0.1) is 0 Å². The molecule has 0 aliphatic carbocycles. The molecular weight excluding hydrogens is 323 g/mol. The lowest BCUT2D eigenvalue weighted by Crippen LogP contribution is -2.32. The Balaban J connectivity index is 2.18. The van der Waals surface area contributed by atoms with Gasteiger partial charge in [-0.25, -0.2) is 0 Å². The van der Waals surface area contributed by atoms with Crippen LogP contribution in [0.5, 0.6) is 0 Å². The molecule has 1 aromatic rings. The Morgan fingerprint density at radius 3 is 2.65 bits per heavy atom. The fourth-order valence-corrected chi connectivity index (χ4v) is 3.77. The molecular formula is C15H21IO. The summed E-state index contributed by atoms with van der Waals surface area (Å²) in [6.45, 7) is 3.17. The molecule has 1 aliphatic heterocycles. The van der Waals surface area contributed by atoms with Crippen molar-refractivity contribution in [2.75, 3.05) is 6.61 Å². The van der Waals surface area contributed by atoms with Crippen LogP contribution in [-0.2, 0) is 10.3 Å². The highest BCUT2D eigenvalue weighted by Gasteiger charge is 2.43. The van der Waals surface area contributed by atoms with Crippen LogP contribution >= 0.6 is 22.6 Å².